The molecule has 3 rings (SSSR count). The smallest absolute Gasteiger partial charge is 0.254 e. The van der Waals surface area contributed by atoms with Gasteiger partial charge in [-0.05, 0) is 31.5 Å². The number of aryl methyl sites for hydroxylation is 1. The Hall–Kier alpha value is -2.86. The van der Waals surface area contributed by atoms with Gasteiger partial charge in [0.1, 0.15) is 17.1 Å². The normalized spacial score (nSPS) is 13.4. The predicted molar refractivity (Wildman–Crippen MR) is 93.1 cm³/mol. The molecule has 3 aromatic rings. The highest BCUT2D eigenvalue weighted by molar-refractivity contribution is 5.93. The molecule has 0 bridgehead atoms. The fourth-order valence-corrected chi connectivity index (χ4v) is 2.50. The Bertz CT molecular complexity index is 850. The highest BCUT2D eigenvalue weighted by atomic mass is 16.4. The van der Waals surface area contributed by atoms with Crippen LogP contribution in [0, 0.1) is 6.92 Å². The molecule has 25 heavy (non-hydrogen) atoms. The standard InChI is InChI=1S/C19H21N3O3/c1-14-8-9-17(25-14)19(2,24)13-20-18(23)16-10-21-22(12-16)11-15-6-4-3-5-7-15/h3-10,12,24H,11,13H2,1-2H3,(H,20,23). The molecule has 0 aliphatic carbocycles. The molecule has 0 radical (unpaired) electrons. The topological polar surface area (TPSA) is 80.3 Å². The van der Waals surface area contributed by atoms with Gasteiger partial charge >= 0.3 is 0 Å². The number of hydrogen-bond donors (Lipinski definition) is 2. The SMILES string of the molecule is Cc1ccc(C(C)(O)CNC(=O)c2cnn(Cc3ccccc3)c2)o1. The first kappa shape index (κ1) is 17.0. The van der Waals surface area contributed by atoms with E-state index in [1.807, 2.05) is 30.3 Å². The Morgan fingerprint density at radius 2 is 2.04 bits per heavy atom. The van der Waals surface area contributed by atoms with E-state index >= 15 is 0 Å². The van der Waals surface area contributed by atoms with Crippen molar-refractivity contribution >= 4 is 5.91 Å². The number of carbonyl (C=O) groups is 1. The Kier molecular flexibility index (Phi) is 4.72. The molecular weight excluding hydrogens is 318 g/mol. The van der Waals surface area contributed by atoms with E-state index in [2.05, 4.69) is 10.4 Å². The van der Waals surface area contributed by atoms with E-state index in [1.165, 1.54) is 6.20 Å². The summed E-state index contributed by atoms with van der Waals surface area (Å²) in [6.07, 6.45) is 3.21. The lowest BCUT2D eigenvalue weighted by atomic mass is 10.0. The van der Waals surface area contributed by atoms with Gasteiger partial charge in [-0.2, -0.15) is 5.10 Å². The highest BCUT2D eigenvalue weighted by Gasteiger charge is 2.27. The van der Waals surface area contributed by atoms with Gasteiger partial charge in [-0.25, -0.2) is 0 Å². The molecule has 2 N–H and O–H groups in total. The zero-order valence-electron chi connectivity index (χ0n) is 14.3. The summed E-state index contributed by atoms with van der Waals surface area (Å²) in [6.45, 7) is 4.05. The summed E-state index contributed by atoms with van der Waals surface area (Å²) in [5.74, 6) is 0.844. The third-order valence-electron chi connectivity index (χ3n) is 3.95. The zero-order chi connectivity index (χ0) is 17.9. The average Bonchev–Trinajstić information content (AvgIpc) is 3.23. The van der Waals surface area contributed by atoms with Crippen LogP contribution >= 0.6 is 0 Å². The second-order valence-electron chi connectivity index (χ2n) is 6.28. The third-order valence-corrected chi connectivity index (χ3v) is 3.95. The minimum absolute atomic E-state index is 0.0443. The van der Waals surface area contributed by atoms with E-state index in [0.717, 1.165) is 5.56 Å². The molecule has 2 aromatic heterocycles. The van der Waals surface area contributed by atoms with Crippen molar-refractivity contribution in [3.8, 4) is 0 Å². The lowest BCUT2D eigenvalue weighted by Crippen LogP contribution is -2.38. The quantitative estimate of drug-likeness (QED) is 0.723. The molecule has 1 atom stereocenters. The third kappa shape index (κ3) is 4.16. The molecular formula is C19H21N3O3. The van der Waals surface area contributed by atoms with Crippen molar-refractivity contribution in [2.45, 2.75) is 26.0 Å². The van der Waals surface area contributed by atoms with Gasteiger partial charge < -0.3 is 14.8 Å². The molecule has 0 saturated heterocycles. The van der Waals surface area contributed by atoms with E-state index in [1.54, 1.807) is 36.9 Å². The molecule has 6 heteroatoms. The summed E-state index contributed by atoms with van der Waals surface area (Å²) in [7, 11) is 0. The van der Waals surface area contributed by atoms with Crippen molar-refractivity contribution in [3.63, 3.8) is 0 Å². The number of hydrogen-bond acceptors (Lipinski definition) is 4. The van der Waals surface area contributed by atoms with Crippen molar-refractivity contribution in [3.05, 3.63) is 77.5 Å². The van der Waals surface area contributed by atoms with Crippen LogP contribution in [0.25, 0.3) is 0 Å². The van der Waals surface area contributed by atoms with E-state index in [0.29, 0.717) is 23.6 Å². The van der Waals surface area contributed by atoms with Gasteiger partial charge in [-0.15, -0.1) is 0 Å². The summed E-state index contributed by atoms with van der Waals surface area (Å²) in [5.41, 5.74) is 0.278. The zero-order valence-corrected chi connectivity index (χ0v) is 14.3. The van der Waals surface area contributed by atoms with Crippen LogP contribution in [0.3, 0.4) is 0 Å². The molecule has 1 unspecified atom stereocenters. The number of benzene rings is 1. The van der Waals surface area contributed by atoms with Crippen LogP contribution in [0.2, 0.25) is 0 Å². The number of aromatic nitrogens is 2. The number of furan rings is 1. The van der Waals surface area contributed by atoms with Crippen LogP contribution in [0.1, 0.15) is 34.4 Å². The molecule has 0 fully saturated rings. The maximum absolute atomic E-state index is 12.3. The van der Waals surface area contributed by atoms with Gasteiger partial charge in [-0.3, -0.25) is 9.48 Å². The lowest BCUT2D eigenvalue weighted by Gasteiger charge is -2.21. The maximum atomic E-state index is 12.3. The Morgan fingerprint density at radius 1 is 1.28 bits per heavy atom. The Balaban J connectivity index is 1.60. The first-order valence-corrected chi connectivity index (χ1v) is 8.08. The number of rotatable bonds is 6. The van der Waals surface area contributed by atoms with Crippen molar-refractivity contribution in [2.24, 2.45) is 0 Å². The second-order valence-corrected chi connectivity index (χ2v) is 6.28. The van der Waals surface area contributed by atoms with Crippen LogP contribution in [0.4, 0.5) is 0 Å². The van der Waals surface area contributed by atoms with Crippen molar-refractivity contribution < 1.29 is 14.3 Å². The molecule has 1 aromatic carbocycles. The van der Waals surface area contributed by atoms with Crippen LogP contribution in [-0.4, -0.2) is 27.3 Å². The van der Waals surface area contributed by atoms with Crippen LogP contribution in [0.5, 0.6) is 0 Å². The first-order chi connectivity index (χ1) is 11.9. The van der Waals surface area contributed by atoms with E-state index < -0.39 is 5.60 Å². The summed E-state index contributed by atoms with van der Waals surface area (Å²) >= 11 is 0. The molecule has 0 aliphatic heterocycles. The van der Waals surface area contributed by atoms with E-state index in [4.69, 9.17) is 4.42 Å². The number of carbonyl (C=O) groups excluding carboxylic acids is 1. The summed E-state index contributed by atoms with van der Waals surface area (Å²) < 4.78 is 7.15. The summed E-state index contributed by atoms with van der Waals surface area (Å²) in [5, 5.41) is 17.4. The van der Waals surface area contributed by atoms with Gasteiger partial charge in [0.05, 0.1) is 24.8 Å². The van der Waals surface area contributed by atoms with Gasteiger partial charge in [0.2, 0.25) is 0 Å². The van der Waals surface area contributed by atoms with Crippen molar-refractivity contribution in [1.82, 2.24) is 15.1 Å². The summed E-state index contributed by atoms with van der Waals surface area (Å²) in [4.78, 5) is 12.3. The summed E-state index contributed by atoms with van der Waals surface area (Å²) in [6, 6.07) is 13.4. The van der Waals surface area contributed by atoms with Crippen LogP contribution < -0.4 is 5.32 Å². The largest absolute Gasteiger partial charge is 0.463 e. The molecule has 0 aliphatic rings. The van der Waals surface area contributed by atoms with Gasteiger partial charge in [0.15, 0.2) is 0 Å². The number of nitrogens with zero attached hydrogens (tertiary/aromatic N) is 2. The first-order valence-electron chi connectivity index (χ1n) is 8.08. The maximum Gasteiger partial charge on any atom is 0.254 e. The van der Waals surface area contributed by atoms with Crippen molar-refractivity contribution in [1.29, 1.82) is 0 Å². The molecule has 6 nitrogen and oxygen atoms in total. The Labute approximate surface area is 146 Å². The number of nitrogens with one attached hydrogen (secondary N) is 1. The molecule has 1 amide bonds. The average molecular weight is 339 g/mol. The highest BCUT2D eigenvalue weighted by Crippen LogP contribution is 2.22. The van der Waals surface area contributed by atoms with Crippen LogP contribution in [-0.2, 0) is 12.1 Å². The molecule has 0 saturated carbocycles. The fraction of sp³-hybridized carbons (Fsp3) is 0.263. The molecule has 2 heterocycles. The van der Waals surface area contributed by atoms with Gasteiger partial charge in [0.25, 0.3) is 5.91 Å². The van der Waals surface area contributed by atoms with Crippen molar-refractivity contribution in [2.75, 3.05) is 6.54 Å². The minimum Gasteiger partial charge on any atom is -0.463 e. The molecule has 0 spiro atoms. The van der Waals surface area contributed by atoms with E-state index in [-0.39, 0.29) is 12.5 Å². The van der Waals surface area contributed by atoms with E-state index in [9.17, 15) is 9.90 Å². The van der Waals surface area contributed by atoms with Crippen LogP contribution in [0.15, 0.2) is 59.3 Å². The second kappa shape index (κ2) is 6.94. The minimum atomic E-state index is -1.27. The lowest BCUT2D eigenvalue weighted by molar-refractivity contribution is 0.0323. The number of aliphatic hydroxyl groups is 1. The van der Waals surface area contributed by atoms with Gasteiger partial charge in [-0.1, -0.05) is 30.3 Å². The number of amides is 1. The Morgan fingerprint density at radius 3 is 2.72 bits per heavy atom. The molecule has 130 valence electrons. The fourth-order valence-electron chi connectivity index (χ4n) is 2.50. The predicted octanol–water partition coefficient (Wildman–Crippen LogP) is 2.47. The monoisotopic (exact) mass is 339 g/mol. The van der Waals surface area contributed by atoms with Gasteiger partial charge in [0, 0.05) is 6.20 Å².